The summed E-state index contributed by atoms with van der Waals surface area (Å²) in [7, 11) is 0. The molecule has 2 amide bonds. The van der Waals surface area contributed by atoms with Crippen LogP contribution in [0.25, 0.3) is 0 Å². The minimum atomic E-state index is -0.712. The highest BCUT2D eigenvalue weighted by Crippen LogP contribution is 2.16. The monoisotopic (exact) mass is 330 g/mol. The molecule has 0 unspecified atom stereocenters. The number of anilines is 1. The molecule has 2 aromatic rings. The van der Waals surface area contributed by atoms with Crippen molar-refractivity contribution in [2.75, 3.05) is 11.9 Å². The van der Waals surface area contributed by atoms with Crippen molar-refractivity contribution in [1.82, 2.24) is 5.32 Å². The number of urea groups is 1. The zero-order valence-electron chi connectivity index (χ0n) is 14.1. The SMILES string of the molecule is CCc1ccc(C(=O)c2ccc(NC(=O)NC(C)(C)CO)cc2)o1. The number of ketones is 1. The fourth-order valence-electron chi connectivity index (χ4n) is 2.05. The van der Waals surface area contributed by atoms with Crippen LogP contribution in [0.4, 0.5) is 10.5 Å². The molecule has 0 radical (unpaired) electrons. The third-order valence-electron chi connectivity index (χ3n) is 3.49. The van der Waals surface area contributed by atoms with Crippen molar-refractivity contribution in [3.8, 4) is 0 Å². The van der Waals surface area contributed by atoms with Crippen LogP contribution >= 0.6 is 0 Å². The molecule has 6 nitrogen and oxygen atoms in total. The van der Waals surface area contributed by atoms with Crippen LogP contribution in [0.5, 0.6) is 0 Å². The normalized spacial score (nSPS) is 11.2. The molecule has 0 aliphatic rings. The van der Waals surface area contributed by atoms with Gasteiger partial charge in [-0.2, -0.15) is 0 Å². The van der Waals surface area contributed by atoms with Crippen molar-refractivity contribution in [2.45, 2.75) is 32.7 Å². The van der Waals surface area contributed by atoms with E-state index in [9.17, 15) is 9.59 Å². The van der Waals surface area contributed by atoms with Gasteiger partial charge in [0.05, 0.1) is 12.1 Å². The molecule has 128 valence electrons. The van der Waals surface area contributed by atoms with Gasteiger partial charge < -0.3 is 20.2 Å². The molecule has 2 rings (SSSR count). The molecule has 1 aromatic carbocycles. The number of hydrogen-bond donors (Lipinski definition) is 3. The first-order valence-electron chi connectivity index (χ1n) is 7.78. The second kappa shape index (κ2) is 7.31. The summed E-state index contributed by atoms with van der Waals surface area (Å²) in [5.41, 5.74) is 0.316. The molecule has 0 spiro atoms. The van der Waals surface area contributed by atoms with Crippen molar-refractivity contribution in [3.63, 3.8) is 0 Å². The fourth-order valence-corrected chi connectivity index (χ4v) is 2.05. The highest BCUT2D eigenvalue weighted by atomic mass is 16.3. The topological polar surface area (TPSA) is 91.6 Å². The van der Waals surface area contributed by atoms with E-state index in [-0.39, 0.29) is 12.4 Å². The van der Waals surface area contributed by atoms with E-state index < -0.39 is 11.6 Å². The van der Waals surface area contributed by atoms with Crippen molar-refractivity contribution in [2.24, 2.45) is 0 Å². The Balaban J connectivity index is 2.02. The van der Waals surface area contributed by atoms with E-state index >= 15 is 0 Å². The maximum absolute atomic E-state index is 12.3. The van der Waals surface area contributed by atoms with Gasteiger partial charge in [0.15, 0.2) is 5.76 Å². The van der Waals surface area contributed by atoms with E-state index in [1.165, 1.54) is 0 Å². The van der Waals surface area contributed by atoms with Crippen LogP contribution in [0.2, 0.25) is 0 Å². The Labute approximate surface area is 140 Å². The molecule has 6 heteroatoms. The van der Waals surface area contributed by atoms with Crippen molar-refractivity contribution in [1.29, 1.82) is 0 Å². The maximum atomic E-state index is 12.3. The summed E-state index contributed by atoms with van der Waals surface area (Å²) >= 11 is 0. The van der Waals surface area contributed by atoms with Gasteiger partial charge in [-0.15, -0.1) is 0 Å². The Hall–Kier alpha value is -2.60. The van der Waals surface area contributed by atoms with E-state index in [4.69, 9.17) is 9.52 Å². The summed E-state index contributed by atoms with van der Waals surface area (Å²) in [5.74, 6) is 0.863. The van der Waals surface area contributed by atoms with Crippen molar-refractivity contribution in [3.05, 3.63) is 53.5 Å². The third kappa shape index (κ3) is 4.45. The molecule has 0 saturated carbocycles. The highest BCUT2D eigenvalue weighted by Gasteiger charge is 2.19. The number of aliphatic hydroxyl groups excluding tert-OH is 1. The minimum absolute atomic E-state index is 0.170. The van der Waals surface area contributed by atoms with Crippen molar-refractivity contribution < 1.29 is 19.1 Å². The molecule has 3 N–H and O–H groups in total. The number of nitrogens with one attached hydrogen (secondary N) is 2. The van der Waals surface area contributed by atoms with Gasteiger partial charge >= 0.3 is 6.03 Å². The van der Waals surface area contributed by atoms with E-state index in [0.717, 1.165) is 12.2 Å². The van der Waals surface area contributed by atoms with Gasteiger partial charge in [-0.25, -0.2) is 4.79 Å². The van der Waals surface area contributed by atoms with Crippen LogP contribution in [-0.4, -0.2) is 29.1 Å². The summed E-state index contributed by atoms with van der Waals surface area (Å²) in [4.78, 5) is 24.2. The Morgan fingerprint density at radius 2 is 1.79 bits per heavy atom. The summed E-state index contributed by atoms with van der Waals surface area (Å²) in [6.45, 7) is 5.21. The standard InChI is InChI=1S/C18H22N2O4/c1-4-14-9-10-15(24-14)16(22)12-5-7-13(8-6-12)19-17(23)20-18(2,3)11-21/h5-10,21H,4,11H2,1-3H3,(H2,19,20,23). The van der Waals surface area contributed by atoms with E-state index in [0.29, 0.717) is 17.0 Å². The second-order valence-corrected chi connectivity index (χ2v) is 6.15. The number of aliphatic hydroxyl groups is 1. The molecule has 0 aliphatic heterocycles. The lowest BCUT2D eigenvalue weighted by molar-refractivity contribution is 0.101. The Morgan fingerprint density at radius 1 is 1.12 bits per heavy atom. The van der Waals surface area contributed by atoms with Crippen LogP contribution in [0.3, 0.4) is 0 Å². The lowest BCUT2D eigenvalue weighted by Crippen LogP contribution is -2.48. The van der Waals surface area contributed by atoms with Gasteiger partial charge in [0, 0.05) is 17.7 Å². The number of hydrogen-bond acceptors (Lipinski definition) is 4. The van der Waals surface area contributed by atoms with Crippen LogP contribution in [0.1, 0.15) is 42.6 Å². The van der Waals surface area contributed by atoms with Gasteiger partial charge in [-0.1, -0.05) is 6.92 Å². The largest absolute Gasteiger partial charge is 0.458 e. The first kappa shape index (κ1) is 17.7. The number of aryl methyl sites for hydroxylation is 1. The third-order valence-corrected chi connectivity index (χ3v) is 3.49. The molecular weight excluding hydrogens is 308 g/mol. The first-order chi connectivity index (χ1) is 11.3. The second-order valence-electron chi connectivity index (χ2n) is 6.15. The van der Waals surface area contributed by atoms with Crippen LogP contribution in [0, 0.1) is 0 Å². The summed E-state index contributed by atoms with van der Waals surface area (Å²) in [6.07, 6.45) is 0.732. The number of carbonyl (C=O) groups excluding carboxylic acids is 2. The zero-order valence-corrected chi connectivity index (χ0v) is 14.1. The first-order valence-corrected chi connectivity index (χ1v) is 7.78. The fraction of sp³-hybridized carbons (Fsp3) is 0.333. The van der Waals surface area contributed by atoms with Crippen LogP contribution < -0.4 is 10.6 Å². The number of furan rings is 1. The zero-order chi connectivity index (χ0) is 17.7. The van der Waals surface area contributed by atoms with Gasteiger partial charge in [0.25, 0.3) is 0 Å². The van der Waals surface area contributed by atoms with E-state index in [2.05, 4.69) is 10.6 Å². The van der Waals surface area contributed by atoms with E-state index in [1.807, 2.05) is 6.92 Å². The quantitative estimate of drug-likeness (QED) is 0.710. The van der Waals surface area contributed by atoms with Gasteiger partial charge in [0.2, 0.25) is 5.78 Å². The van der Waals surface area contributed by atoms with Gasteiger partial charge in [-0.3, -0.25) is 4.79 Å². The molecule has 24 heavy (non-hydrogen) atoms. The average molecular weight is 330 g/mol. The smallest absolute Gasteiger partial charge is 0.319 e. The van der Waals surface area contributed by atoms with E-state index in [1.54, 1.807) is 50.2 Å². The average Bonchev–Trinajstić information content (AvgIpc) is 3.03. The summed E-state index contributed by atoms with van der Waals surface area (Å²) in [5, 5.41) is 14.4. The molecule has 0 aliphatic carbocycles. The van der Waals surface area contributed by atoms with Crippen LogP contribution in [0.15, 0.2) is 40.8 Å². The maximum Gasteiger partial charge on any atom is 0.319 e. The minimum Gasteiger partial charge on any atom is -0.458 e. The molecule has 0 fully saturated rings. The molecule has 0 atom stereocenters. The molecule has 1 heterocycles. The number of carbonyl (C=O) groups is 2. The Bertz CT molecular complexity index is 717. The number of benzene rings is 1. The molecule has 0 bridgehead atoms. The summed E-state index contributed by atoms with van der Waals surface area (Å²) < 4.78 is 5.46. The predicted molar refractivity (Wildman–Crippen MR) is 91.3 cm³/mol. The van der Waals surface area contributed by atoms with Gasteiger partial charge in [0.1, 0.15) is 5.76 Å². The molecular formula is C18H22N2O4. The summed E-state index contributed by atoms with van der Waals surface area (Å²) in [6, 6.07) is 9.57. The Morgan fingerprint density at radius 3 is 2.33 bits per heavy atom. The predicted octanol–water partition coefficient (Wildman–Crippen LogP) is 2.97. The lowest BCUT2D eigenvalue weighted by atomic mass is 10.1. The molecule has 0 saturated heterocycles. The molecule has 1 aromatic heterocycles. The van der Waals surface area contributed by atoms with Gasteiger partial charge in [-0.05, 0) is 50.2 Å². The number of amides is 2. The lowest BCUT2D eigenvalue weighted by Gasteiger charge is -2.23. The van der Waals surface area contributed by atoms with Crippen LogP contribution in [-0.2, 0) is 6.42 Å². The highest BCUT2D eigenvalue weighted by molar-refractivity contribution is 6.07. The number of rotatable bonds is 6. The Kier molecular flexibility index (Phi) is 5.41. The van der Waals surface area contributed by atoms with Crippen molar-refractivity contribution >= 4 is 17.5 Å².